The van der Waals surface area contributed by atoms with Gasteiger partial charge in [0.25, 0.3) is 0 Å². The van der Waals surface area contributed by atoms with E-state index in [-0.39, 0.29) is 29.9 Å². The molecule has 1 aliphatic rings. The van der Waals surface area contributed by atoms with Crippen LogP contribution in [0.3, 0.4) is 0 Å². The number of carbonyl (C=O) groups excluding carboxylic acids is 1. The van der Waals surface area contributed by atoms with Crippen LogP contribution in [0.5, 0.6) is 0 Å². The summed E-state index contributed by atoms with van der Waals surface area (Å²) >= 11 is 0. The third kappa shape index (κ3) is 6.23. The molecule has 2 N–H and O–H groups in total. The van der Waals surface area contributed by atoms with Crippen molar-refractivity contribution in [3.63, 3.8) is 0 Å². The number of benzene rings is 2. The van der Waals surface area contributed by atoms with Crippen LogP contribution in [-0.2, 0) is 24.4 Å². The average Bonchev–Trinajstić information content (AvgIpc) is 3.12. The van der Waals surface area contributed by atoms with Crippen LogP contribution < -0.4 is 10.6 Å². The normalized spacial score (nSPS) is 12.9. The number of rotatable bonds is 6. The smallest absolute Gasteiger partial charge is 0.223 e. The summed E-state index contributed by atoms with van der Waals surface area (Å²) in [6.07, 6.45) is 1.34. The lowest BCUT2D eigenvalue weighted by Gasteiger charge is -2.16. The lowest BCUT2D eigenvalue weighted by Crippen LogP contribution is -2.37. The first kappa shape index (κ1) is 21.2. The number of guanidine groups is 1. The molecule has 0 fully saturated rings. The van der Waals surface area contributed by atoms with Crippen molar-refractivity contribution < 1.29 is 4.79 Å². The summed E-state index contributed by atoms with van der Waals surface area (Å²) in [6, 6.07) is 18.5. The first-order valence-corrected chi connectivity index (χ1v) is 9.09. The highest BCUT2D eigenvalue weighted by atomic mass is 127. The maximum Gasteiger partial charge on any atom is 0.223 e. The van der Waals surface area contributed by atoms with Gasteiger partial charge < -0.3 is 15.5 Å². The Balaban J connectivity index is 0.00000261. The minimum absolute atomic E-state index is 0. The Hall–Kier alpha value is -2.09. The molecule has 1 heterocycles. The van der Waals surface area contributed by atoms with Crippen molar-refractivity contribution in [3.8, 4) is 0 Å². The molecular formula is C21H27IN4O. The maximum atomic E-state index is 12.4. The Morgan fingerprint density at radius 3 is 2.26 bits per heavy atom. The molecule has 0 unspecified atom stereocenters. The quantitative estimate of drug-likeness (QED) is 0.290. The molecule has 0 aliphatic carbocycles. The van der Waals surface area contributed by atoms with Crippen LogP contribution in [0.2, 0.25) is 0 Å². The molecule has 0 bridgehead atoms. The second kappa shape index (κ2) is 10.9. The second-order valence-electron chi connectivity index (χ2n) is 6.46. The molecule has 1 amide bonds. The van der Waals surface area contributed by atoms with E-state index in [0.717, 1.165) is 38.6 Å². The molecule has 0 radical (unpaired) electrons. The summed E-state index contributed by atoms with van der Waals surface area (Å²) in [4.78, 5) is 18.6. The van der Waals surface area contributed by atoms with Crippen LogP contribution in [0.1, 0.15) is 29.5 Å². The predicted octanol–water partition coefficient (Wildman–Crippen LogP) is 3.29. The van der Waals surface area contributed by atoms with Gasteiger partial charge in [-0.15, -0.1) is 24.0 Å². The number of halogens is 1. The molecule has 0 spiro atoms. The van der Waals surface area contributed by atoms with Crippen LogP contribution in [0.4, 0.5) is 0 Å². The van der Waals surface area contributed by atoms with Gasteiger partial charge >= 0.3 is 0 Å². The van der Waals surface area contributed by atoms with E-state index in [0.29, 0.717) is 6.42 Å². The van der Waals surface area contributed by atoms with Gasteiger partial charge in [0.15, 0.2) is 5.96 Å². The Morgan fingerprint density at radius 2 is 1.63 bits per heavy atom. The molecule has 2 aromatic carbocycles. The topological polar surface area (TPSA) is 56.7 Å². The van der Waals surface area contributed by atoms with Crippen LogP contribution >= 0.6 is 24.0 Å². The van der Waals surface area contributed by atoms with Crippen LogP contribution in [0.15, 0.2) is 59.6 Å². The Morgan fingerprint density at radius 1 is 1.00 bits per heavy atom. The number of nitrogens with zero attached hydrogens (tertiary/aromatic N) is 2. The number of amides is 1. The Labute approximate surface area is 178 Å². The van der Waals surface area contributed by atoms with Gasteiger partial charge in [0, 0.05) is 39.6 Å². The lowest BCUT2D eigenvalue weighted by atomic mass is 10.1. The van der Waals surface area contributed by atoms with E-state index in [4.69, 9.17) is 0 Å². The van der Waals surface area contributed by atoms with Crippen LogP contribution in [0.25, 0.3) is 0 Å². The maximum absolute atomic E-state index is 12.4. The zero-order valence-electron chi connectivity index (χ0n) is 15.6. The van der Waals surface area contributed by atoms with Gasteiger partial charge in [-0.25, -0.2) is 0 Å². The molecule has 3 rings (SSSR count). The van der Waals surface area contributed by atoms with Crippen molar-refractivity contribution in [3.05, 3.63) is 71.3 Å². The summed E-state index contributed by atoms with van der Waals surface area (Å²) in [5.41, 5.74) is 3.74. The van der Waals surface area contributed by atoms with E-state index >= 15 is 0 Å². The molecule has 1 aliphatic heterocycles. The Bertz CT molecular complexity index is 739. The van der Waals surface area contributed by atoms with Crippen molar-refractivity contribution in [1.82, 2.24) is 15.5 Å². The minimum atomic E-state index is 0. The molecular weight excluding hydrogens is 451 g/mol. The third-order valence-corrected chi connectivity index (χ3v) is 4.58. The first-order chi connectivity index (χ1) is 12.8. The number of hydrogen-bond donors (Lipinski definition) is 2. The van der Waals surface area contributed by atoms with E-state index in [1.54, 1.807) is 7.05 Å². The molecule has 27 heavy (non-hydrogen) atoms. The number of carbonyl (C=O) groups is 1. The van der Waals surface area contributed by atoms with Gasteiger partial charge in [0.05, 0.1) is 0 Å². The highest BCUT2D eigenvalue weighted by molar-refractivity contribution is 14.0. The lowest BCUT2D eigenvalue weighted by molar-refractivity contribution is -0.131. The fourth-order valence-electron chi connectivity index (χ4n) is 3.12. The summed E-state index contributed by atoms with van der Waals surface area (Å²) < 4.78 is 0. The molecule has 2 aromatic rings. The highest BCUT2D eigenvalue weighted by Crippen LogP contribution is 2.22. The molecule has 5 nitrogen and oxygen atoms in total. The number of aliphatic imine (C=N–C) groups is 1. The van der Waals surface area contributed by atoms with Gasteiger partial charge in [-0.1, -0.05) is 54.6 Å². The van der Waals surface area contributed by atoms with Crippen molar-refractivity contribution in [2.75, 3.05) is 13.6 Å². The number of nitrogens with one attached hydrogen (secondary N) is 2. The van der Waals surface area contributed by atoms with E-state index in [1.807, 2.05) is 35.2 Å². The molecule has 0 atom stereocenters. The molecule has 6 heteroatoms. The van der Waals surface area contributed by atoms with E-state index in [9.17, 15) is 4.79 Å². The van der Waals surface area contributed by atoms with Gasteiger partial charge in [-0.2, -0.15) is 0 Å². The van der Waals surface area contributed by atoms with Crippen molar-refractivity contribution >= 4 is 35.8 Å². The fourth-order valence-corrected chi connectivity index (χ4v) is 3.12. The molecule has 0 saturated heterocycles. The zero-order valence-corrected chi connectivity index (χ0v) is 18.0. The SMILES string of the molecule is CN=C(NCCCC(=O)N1Cc2ccccc2C1)NCc1ccccc1.I. The minimum Gasteiger partial charge on any atom is -0.356 e. The van der Waals surface area contributed by atoms with Crippen molar-refractivity contribution in [2.45, 2.75) is 32.5 Å². The van der Waals surface area contributed by atoms with Crippen LogP contribution in [-0.4, -0.2) is 30.4 Å². The number of fused-ring (bicyclic) bond motifs is 1. The molecule has 0 aromatic heterocycles. The van der Waals surface area contributed by atoms with E-state index in [1.165, 1.54) is 16.7 Å². The monoisotopic (exact) mass is 478 g/mol. The summed E-state index contributed by atoms with van der Waals surface area (Å²) in [5.74, 6) is 0.977. The largest absolute Gasteiger partial charge is 0.356 e. The summed E-state index contributed by atoms with van der Waals surface area (Å²) in [5, 5.41) is 6.56. The van der Waals surface area contributed by atoms with Gasteiger partial charge in [0.2, 0.25) is 5.91 Å². The predicted molar refractivity (Wildman–Crippen MR) is 120 cm³/mol. The van der Waals surface area contributed by atoms with Crippen LogP contribution in [0, 0.1) is 0 Å². The zero-order chi connectivity index (χ0) is 18.2. The molecule has 0 saturated carbocycles. The highest BCUT2D eigenvalue weighted by Gasteiger charge is 2.22. The van der Waals surface area contributed by atoms with Crippen molar-refractivity contribution in [2.24, 2.45) is 4.99 Å². The van der Waals surface area contributed by atoms with Gasteiger partial charge in [-0.05, 0) is 23.1 Å². The molecule has 144 valence electrons. The van der Waals surface area contributed by atoms with E-state index < -0.39 is 0 Å². The van der Waals surface area contributed by atoms with Gasteiger partial charge in [-0.3, -0.25) is 9.79 Å². The number of hydrogen-bond acceptors (Lipinski definition) is 2. The average molecular weight is 478 g/mol. The third-order valence-electron chi connectivity index (χ3n) is 4.58. The Kier molecular flexibility index (Phi) is 8.57. The van der Waals surface area contributed by atoms with Gasteiger partial charge in [0.1, 0.15) is 0 Å². The standard InChI is InChI=1S/C21H26N4O.HI/c1-22-21(24-14-17-8-3-2-4-9-17)23-13-7-12-20(26)25-15-18-10-5-6-11-19(18)16-25;/h2-6,8-11H,7,12-16H2,1H3,(H2,22,23,24);1H. The fraction of sp³-hybridized carbons (Fsp3) is 0.333. The summed E-state index contributed by atoms with van der Waals surface area (Å²) in [6.45, 7) is 2.93. The van der Waals surface area contributed by atoms with E-state index in [2.05, 4.69) is 39.9 Å². The first-order valence-electron chi connectivity index (χ1n) is 9.09. The van der Waals surface area contributed by atoms with Crippen molar-refractivity contribution in [1.29, 1.82) is 0 Å². The summed E-state index contributed by atoms with van der Waals surface area (Å²) in [7, 11) is 1.76. The second-order valence-corrected chi connectivity index (χ2v) is 6.46.